The summed E-state index contributed by atoms with van der Waals surface area (Å²) in [5.41, 5.74) is 0.376. The molecule has 0 bridgehead atoms. The van der Waals surface area contributed by atoms with Gasteiger partial charge in [0.2, 0.25) is 5.91 Å². The van der Waals surface area contributed by atoms with Crippen molar-refractivity contribution in [1.82, 2.24) is 10.3 Å². The summed E-state index contributed by atoms with van der Waals surface area (Å²) in [6.45, 7) is 0. The van der Waals surface area contributed by atoms with Gasteiger partial charge in [-0.15, -0.1) is 0 Å². The Labute approximate surface area is 109 Å². The second-order valence-electron chi connectivity index (χ2n) is 4.91. The van der Waals surface area contributed by atoms with Crippen LogP contribution in [-0.2, 0) is 4.79 Å². The van der Waals surface area contributed by atoms with Crippen molar-refractivity contribution >= 4 is 17.6 Å². The van der Waals surface area contributed by atoms with E-state index in [2.05, 4.69) is 10.3 Å². The van der Waals surface area contributed by atoms with E-state index in [1.54, 1.807) is 18.3 Å². The number of carbonyl (C=O) groups is 2. The molecule has 19 heavy (non-hydrogen) atoms. The molecule has 0 spiro atoms. The summed E-state index contributed by atoms with van der Waals surface area (Å²) in [6, 6.07) is 2.38. The van der Waals surface area contributed by atoms with Crippen LogP contribution in [-0.4, -0.2) is 29.1 Å². The van der Waals surface area contributed by atoms with Crippen molar-refractivity contribution in [3.05, 3.63) is 24.5 Å². The fourth-order valence-corrected chi connectivity index (χ4v) is 2.84. The molecule has 2 aliphatic rings. The minimum atomic E-state index is -1.19. The molecule has 2 fully saturated rings. The van der Waals surface area contributed by atoms with Gasteiger partial charge in [-0.2, -0.15) is 0 Å². The van der Waals surface area contributed by atoms with Crippen molar-refractivity contribution < 1.29 is 14.0 Å². The molecule has 3 rings (SSSR count). The first-order valence-corrected chi connectivity index (χ1v) is 6.37. The van der Waals surface area contributed by atoms with E-state index in [0.29, 0.717) is 24.9 Å². The molecular formula is C13H14FN3O2. The molecule has 100 valence electrons. The predicted molar refractivity (Wildman–Crippen MR) is 66.3 cm³/mol. The zero-order valence-electron chi connectivity index (χ0n) is 10.3. The Morgan fingerprint density at radius 1 is 1.37 bits per heavy atom. The summed E-state index contributed by atoms with van der Waals surface area (Å²) >= 11 is 0. The van der Waals surface area contributed by atoms with Crippen LogP contribution in [0.3, 0.4) is 0 Å². The molecular weight excluding hydrogens is 249 g/mol. The Morgan fingerprint density at radius 2 is 2.21 bits per heavy atom. The van der Waals surface area contributed by atoms with Gasteiger partial charge in [-0.3, -0.25) is 9.78 Å². The Hall–Kier alpha value is -1.98. The monoisotopic (exact) mass is 263 g/mol. The summed E-state index contributed by atoms with van der Waals surface area (Å²) in [6.07, 6.45) is 3.52. The van der Waals surface area contributed by atoms with Crippen LogP contribution >= 0.6 is 0 Å². The van der Waals surface area contributed by atoms with E-state index in [-0.39, 0.29) is 6.04 Å². The normalized spacial score (nSPS) is 30.8. The summed E-state index contributed by atoms with van der Waals surface area (Å²) in [5.74, 6) is -1.24. The van der Waals surface area contributed by atoms with Crippen molar-refractivity contribution in [1.29, 1.82) is 0 Å². The highest BCUT2D eigenvalue weighted by Crippen LogP contribution is 2.33. The number of rotatable bonds is 1. The van der Waals surface area contributed by atoms with Gasteiger partial charge in [0.05, 0.1) is 17.8 Å². The number of pyridine rings is 1. The van der Waals surface area contributed by atoms with Gasteiger partial charge in [0, 0.05) is 12.2 Å². The zero-order chi connectivity index (χ0) is 13.4. The van der Waals surface area contributed by atoms with E-state index in [0.717, 1.165) is 4.90 Å². The first-order valence-electron chi connectivity index (χ1n) is 6.37. The second kappa shape index (κ2) is 4.60. The number of imide groups is 1. The summed E-state index contributed by atoms with van der Waals surface area (Å²) in [5, 5.41) is 2.73. The van der Waals surface area contributed by atoms with E-state index in [1.165, 1.54) is 6.20 Å². The number of hydrogen-bond acceptors (Lipinski definition) is 3. The van der Waals surface area contributed by atoms with Crippen LogP contribution in [0.5, 0.6) is 0 Å². The number of alkyl halides is 1. The quantitative estimate of drug-likeness (QED) is 0.838. The third-order valence-corrected chi connectivity index (χ3v) is 3.74. The molecule has 1 saturated carbocycles. The molecule has 1 aromatic heterocycles. The molecule has 1 N–H and O–H groups in total. The van der Waals surface area contributed by atoms with Crippen LogP contribution < -0.4 is 10.2 Å². The smallest absolute Gasteiger partial charge is 0.329 e. The number of amides is 3. The van der Waals surface area contributed by atoms with Gasteiger partial charge in [-0.1, -0.05) is 0 Å². The number of hydrogen-bond donors (Lipinski definition) is 1. The van der Waals surface area contributed by atoms with Crippen LogP contribution in [0.2, 0.25) is 0 Å². The SMILES string of the molecule is O=C1NC2CCCC(F)C2C(=O)N1c1cccnc1. The lowest BCUT2D eigenvalue weighted by Crippen LogP contribution is -2.63. The number of nitrogens with zero attached hydrogens (tertiary/aromatic N) is 2. The average molecular weight is 263 g/mol. The molecule has 6 heteroatoms. The topological polar surface area (TPSA) is 62.3 Å². The largest absolute Gasteiger partial charge is 0.334 e. The van der Waals surface area contributed by atoms with Crippen LogP contribution in [0.25, 0.3) is 0 Å². The maximum Gasteiger partial charge on any atom is 0.329 e. The van der Waals surface area contributed by atoms with E-state index in [9.17, 15) is 14.0 Å². The van der Waals surface area contributed by atoms with Crippen molar-refractivity contribution in [2.24, 2.45) is 5.92 Å². The molecule has 1 aliphatic heterocycles. The maximum atomic E-state index is 14.0. The first-order chi connectivity index (χ1) is 9.18. The van der Waals surface area contributed by atoms with Crippen molar-refractivity contribution in [3.8, 4) is 0 Å². The Bertz CT molecular complexity index is 508. The number of carbonyl (C=O) groups excluding carboxylic acids is 2. The highest BCUT2D eigenvalue weighted by molar-refractivity contribution is 6.17. The molecule has 0 radical (unpaired) electrons. The Balaban J connectivity index is 1.94. The molecule has 3 amide bonds. The highest BCUT2D eigenvalue weighted by Gasteiger charge is 2.47. The Kier molecular flexibility index (Phi) is 2.93. The molecule has 1 saturated heterocycles. The number of aromatic nitrogens is 1. The predicted octanol–water partition coefficient (Wildman–Crippen LogP) is 1.64. The van der Waals surface area contributed by atoms with Crippen molar-refractivity contribution in [2.75, 3.05) is 4.90 Å². The highest BCUT2D eigenvalue weighted by atomic mass is 19.1. The lowest BCUT2D eigenvalue weighted by molar-refractivity contribution is -0.126. The lowest BCUT2D eigenvalue weighted by atomic mass is 9.81. The van der Waals surface area contributed by atoms with Gasteiger partial charge in [0.25, 0.3) is 0 Å². The third-order valence-electron chi connectivity index (χ3n) is 3.74. The second-order valence-corrected chi connectivity index (χ2v) is 4.91. The van der Waals surface area contributed by atoms with Gasteiger partial charge < -0.3 is 5.32 Å². The lowest BCUT2D eigenvalue weighted by Gasteiger charge is -2.41. The average Bonchev–Trinajstić information content (AvgIpc) is 2.39. The van der Waals surface area contributed by atoms with Crippen LogP contribution in [0.15, 0.2) is 24.5 Å². The number of nitrogens with one attached hydrogen (secondary N) is 1. The Morgan fingerprint density at radius 3 is 2.95 bits per heavy atom. The van der Waals surface area contributed by atoms with Crippen LogP contribution in [0, 0.1) is 5.92 Å². The summed E-state index contributed by atoms with van der Waals surface area (Å²) in [4.78, 5) is 29.3. The summed E-state index contributed by atoms with van der Waals surface area (Å²) in [7, 11) is 0. The molecule has 2 heterocycles. The number of fused-ring (bicyclic) bond motifs is 1. The summed E-state index contributed by atoms with van der Waals surface area (Å²) < 4.78 is 14.0. The molecule has 3 atom stereocenters. The number of anilines is 1. The molecule has 0 aromatic carbocycles. The van der Waals surface area contributed by atoms with Gasteiger partial charge in [0.1, 0.15) is 6.17 Å². The van der Waals surface area contributed by atoms with Gasteiger partial charge in [-0.05, 0) is 31.4 Å². The molecule has 3 unspecified atom stereocenters. The third kappa shape index (κ3) is 1.97. The van der Waals surface area contributed by atoms with Crippen LogP contribution in [0.4, 0.5) is 14.9 Å². The van der Waals surface area contributed by atoms with Crippen molar-refractivity contribution in [2.45, 2.75) is 31.5 Å². The number of urea groups is 1. The molecule has 1 aliphatic carbocycles. The van der Waals surface area contributed by atoms with E-state index in [1.807, 2.05) is 0 Å². The fraction of sp³-hybridized carbons (Fsp3) is 0.462. The molecule has 1 aromatic rings. The van der Waals surface area contributed by atoms with Crippen LogP contribution in [0.1, 0.15) is 19.3 Å². The maximum absolute atomic E-state index is 14.0. The van der Waals surface area contributed by atoms with Gasteiger partial charge in [0.15, 0.2) is 0 Å². The van der Waals surface area contributed by atoms with Gasteiger partial charge >= 0.3 is 6.03 Å². The number of halogens is 1. The van der Waals surface area contributed by atoms with E-state index >= 15 is 0 Å². The standard InChI is InChI=1S/C13H14FN3O2/c14-9-4-1-5-10-11(9)12(18)17(13(19)16-10)8-3-2-6-15-7-8/h2-3,6-7,9-11H,1,4-5H2,(H,16,19). The van der Waals surface area contributed by atoms with Crippen molar-refractivity contribution in [3.63, 3.8) is 0 Å². The zero-order valence-corrected chi connectivity index (χ0v) is 10.3. The molecule has 5 nitrogen and oxygen atoms in total. The van der Waals surface area contributed by atoms with E-state index in [4.69, 9.17) is 0 Å². The fourth-order valence-electron chi connectivity index (χ4n) is 2.84. The van der Waals surface area contributed by atoms with Gasteiger partial charge in [-0.25, -0.2) is 14.1 Å². The first kappa shape index (κ1) is 12.1. The minimum absolute atomic E-state index is 0.376. The van der Waals surface area contributed by atoms with E-state index < -0.39 is 24.0 Å². The minimum Gasteiger partial charge on any atom is -0.334 e.